The number of nitrogens with zero attached hydrogens (tertiary/aromatic N) is 4. The first-order valence-electron chi connectivity index (χ1n) is 14.3. The molecular formula is C34H30N4O9S2. The van der Waals surface area contributed by atoms with Crippen molar-refractivity contribution in [1.29, 1.82) is 0 Å². The quantitative estimate of drug-likeness (QED) is 0.0923. The summed E-state index contributed by atoms with van der Waals surface area (Å²) in [6, 6.07) is 16.1. The largest absolute Gasteiger partial charge is 0.504 e. The number of aromatic hydroxyl groups is 2. The number of aromatic nitrogens is 2. The van der Waals surface area contributed by atoms with Gasteiger partial charge < -0.3 is 19.7 Å². The highest BCUT2D eigenvalue weighted by Crippen LogP contribution is 2.32. The monoisotopic (exact) mass is 702 g/mol. The van der Waals surface area contributed by atoms with E-state index in [2.05, 4.69) is 9.97 Å². The van der Waals surface area contributed by atoms with E-state index in [4.69, 9.17) is 14.6 Å². The first-order chi connectivity index (χ1) is 23.3. The third-order valence-corrected chi connectivity index (χ3v) is 8.81. The molecule has 0 spiro atoms. The number of nitro benzene ring substituents is 2. The van der Waals surface area contributed by atoms with Crippen LogP contribution in [0.1, 0.15) is 37.1 Å². The molecular weight excluding hydrogens is 673 g/mol. The van der Waals surface area contributed by atoms with Crippen molar-refractivity contribution in [2.45, 2.75) is 20.8 Å². The predicted molar refractivity (Wildman–Crippen MR) is 190 cm³/mol. The fourth-order valence-corrected chi connectivity index (χ4v) is 6.19. The standard InChI is InChI=1S/C17H14N2O4S.C9H8N2O2S.C8H8O3/c1-10-7-12-16(9-13(10)19(21)22)24-17(18-12)6-4-11-3-5-14(20)15(8-11)23-2;1-5-3-7-9(14-6(2)10-7)4-8(5)11(12)13;1-11-8-4-6(5-9)2-3-7(8)10/h3-9,20H,1-2H3;3-4H,1-2H3;2-5,10H,1H3/b6-4+;;. The minimum atomic E-state index is -0.382. The lowest BCUT2D eigenvalue weighted by Gasteiger charge is -2.03. The van der Waals surface area contributed by atoms with Gasteiger partial charge in [-0.15, -0.1) is 22.7 Å². The number of aldehydes is 1. The molecule has 4 aromatic carbocycles. The SMILES string of the molecule is COc1cc(/C=C/c2nc3cc(C)c([N+](=O)[O-])cc3s2)ccc1O.COc1cc(C=O)ccc1O.Cc1nc2cc(C)c([N+](=O)[O-])cc2s1. The van der Waals surface area contributed by atoms with Crippen LogP contribution in [0.5, 0.6) is 23.0 Å². The van der Waals surface area contributed by atoms with Gasteiger partial charge in [-0.2, -0.15) is 0 Å². The first kappa shape index (κ1) is 35.9. The van der Waals surface area contributed by atoms with Crippen LogP contribution in [-0.2, 0) is 0 Å². The molecule has 0 radical (unpaired) electrons. The van der Waals surface area contributed by atoms with Crippen LogP contribution >= 0.6 is 22.7 Å². The summed E-state index contributed by atoms with van der Waals surface area (Å²) >= 11 is 2.86. The fraction of sp³-hybridized carbons (Fsp3) is 0.147. The summed E-state index contributed by atoms with van der Waals surface area (Å²) in [6.45, 7) is 5.33. The molecule has 2 aromatic heterocycles. The molecule has 0 aliphatic carbocycles. The average Bonchev–Trinajstić information content (AvgIpc) is 3.64. The number of nitro groups is 2. The van der Waals surface area contributed by atoms with Gasteiger partial charge in [0, 0.05) is 28.8 Å². The van der Waals surface area contributed by atoms with Crippen LogP contribution in [0.3, 0.4) is 0 Å². The van der Waals surface area contributed by atoms with Gasteiger partial charge in [-0.3, -0.25) is 25.0 Å². The van der Waals surface area contributed by atoms with Gasteiger partial charge in [0.1, 0.15) is 11.3 Å². The lowest BCUT2D eigenvalue weighted by atomic mass is 10.2. The molecule has 13 nitrogen and oxygen atoms in total. The fourth-order valence-electron chi connectivity index (χ4n) is 4.47. The van der Waals surface area contributed by atoms with Gasteiger partial charge in [0.05, 0.1) is 49.5 Å². The molecule has 2 N–H and O–H groups in total. The molecule has 0 saturated heterocycles. The van der Waals surface area contributed by atoms with Crippen molar-refractivity contribution in [2.24, 2.45) is 0 Å². The molecule has 0 unspecified atom stereocenters. The zero-order valence-corrected chi connectivity index (χ0v) is 28.5. The molecule has 0 aliphatic heterocycles. The lowest BCUT2D eigenvalue weighted by Crippen LogP contribution is -1.90. The highest BCUT2D eigenvalue weighted by atomic mass is 32.1. The number of aryl methyl sites for hydroxylation is 3. The van der Waals surface area contributed by atoms with E-state index in [9.17, 15) is 30.1 Å². The van der Waals surface area contributed by atoms with Crippen molar-refractivity contribution >= 4 is 72.9 Å². The van der Waals surface area contributed by atoms with Gasteiger partial charge in [-0.25, -0.2) is 9.97 Å². The van der Waals surface area contributed by atoms with Crippen LogP contribution in [0, 0.1) is 41.0 Å². The number of carbonyl (C=O) groups is 1. The molecule has 15 heteroatoms. The van der Waals surface area contributed by atoms with Gasteiger partial charge in [0.2, 0.25) is 0 Å². The van der Waals surface area contributed by atoms with Crippen molar-refractivity contribution in [1.82, 2.24) is 9.97 Å². The van der Waals surface area contributed by atoms with Gasteiger partial charge >= 0.3 is 0 Å². The second kappa shape index (κ2) is 15.8. The number of carbonyl (C=O) groups excluding carboxylic acids is 1. The van der Waals surface area contributed by atoms with Gasteiger partial charge in [-0.05, 0) is 74.9 Å². The zero-order chi connectivity index (χ0) is 35.8. The molecule has 6 rings (SSSR count). The number of fused-ring (bicyclic) bond motifs is 2. The van der Waals surface area contributed by atoms with Crippen LogP contribution in [0.25, 0.3) is 32.6 Å². The molecule has 2 heterocycles. The van der Waals surface area contributed by atoms with Crippen molar-refractivity contribution < 1.29 is 34.3 Å². The van der Waals surface area contributed by atoms with Crippen molar-refractivity contribution in [3.63, 3.8) is 0 Å². The Kier molecular flexibility index (Phi) is 11.6. The molecule has 0 aliphatic rings. The van der Waals surface area contributed by atoms with Gasteiger partial charge in [0.25, 0.3) is 11.4 Å². The van der Waals surface area contributed by atoms with E-state index in [0.717, 1.165) is 36.0 Å². The third-order valence-electron chi connectivity index (χ3n) is 6.89. The lowest BCUT2D eigenvalue weighted by molar-refractivity contribution is -0.385. The van der Waals surface area contributed by atoms with Crippen LogP contribution in [0.2, 0.25) is 0 Å². The Morgan fingerprint density at radius 1 is 0.694 bits per heavy atom. The van der Waals surface area contributed by atoms with Crippen molar-refractivity contribution in [3.05, 3.63) is 113 Å². The normalized spacial score (nSPS) is 10.6. The van der Waals surface area contributed by atoms with E-state index in [1.165, 1.54) is 55.1 Å². The number of ether oxygens (including phenoxy) is 2. The van der Waals surface area contributed by atoms with Crippen molar-refractivity contribution in [2.75, 3.05) is 14.2 Å². The van der Waals surface area contributed by atoms with Gasteiger partial charge in [0.15, 0.2) is 23.0 Å². The highest BCUT2D eigenvalue weighted by molar-refractivity contribution is 7.19. The van der Waals surface area contributed by atoms with Crippen LogP contribution < -0.4 is 9.47 Å². The van der Waals surface area contributed by atoms with E-state index in [0.29, 0.717) is 34.5 Å². The molecule has 0 amide bonds. The Bertz CT molecular complexity index is 2210. The first-order valence-corrected chi connectivity index (χ1v) is 15.9. The molecule has 0 fully saturated rings. The molecule has 0 atom stereocenters. The maximum Gasteiger partial charge on any atom is 0.273 e. The molecule has 49 heavy (non-hydrogen) atoms. The summed E-state index contributed by atoms with van der Waals surface area (Å²) in [7, 11) is 2.93. The molecule has 6 aromatic rings. The molecule has 252 valence electrons. The summed E-state index contributed by atoms with van der Waals surface area (Å²) < 4.78 is 11.5. The maximum atomic E-state index is 11.0. The smallest absolute Gasteiger partial charge is 0.273 e. The second-order valence-electron chi connectivity index (χ2n) is 10.3. The third kappa shape index (κ3) is 8.91. The number of benzene rings is 4. The zero-order valence-electron chi connectivity index (χ0n) is 26.9. The molecule has 0 saturated carbocycles. The van der Waals surface area contributed by atoms with E-state index in [-0.39, 0.29) is 32.7 Å². The Morgan fingerprint density at radius 2 is 1.18 bits per heavy atom. The number of methoxy groups -OCH3 is 2. The number of phenols is 2. The Hall–Kier alpha value is -5.93. The van der Waals surface area contributed by atoms with E-state index >= 15 is 0 Å². The number of rotatable bonds is 7. The number of phenolic OH excluding ortho intramolecular Hbond substituents is 2. The van der Waals surface area contributed by atoms with Crippen molar-refractivity contribution in [3.8, 4) is 23.0 Å². The number of hydrogen-bond acceptors (Lipinski definition) is 13. The molecule has 0 bridgehead atoms. The van der Waals surface area contributed by atoms with Gasteiger partial charge in [-0.1, -0.05) is 12.1 Å². The average molecular weight is 703 g/mol. The van der Waals surface area contributed by atoms with Crippen LogP contribution in [-0.4, -0.2) is 50.5 Å². The summed E-state index contributed by atoms with van der Waals surface area (Å²) in [6.07, 6.45) is 4.38. The second-order valence-corrected chi connectivity index (χ2v) is 12.6. The number of hydrogen-bond donors (Lipinski definition) is 2. The summed E-state index contributed by atoms with van der Waals surface area (Å²) in [5.41, 5.74) is 4.45. The predicted octanol–water partition coefficient (Wildman–Crippen LogP) is 8.43. The van der Waals surface area contributed by atoms with E-state index in [1.54, 1.807) is 56.3 Å². The maximum absolute atomic E-state index is 11.0. The number of thiazole rings is 2. The van der Waals surface area contributed by atoms with E-state index in [1.807, 2.05) is 19.1 Å². The highest BCUT2D eigenvalue weighted by Gasteiger charge is 2.15. The summed E-state index contributed by atoms with van der Waals surface area (Å²) in [4.78, 5) is 39.9. The summed E-state index contributed by atoms with van der Waals surface area (Å²) in [5, 5.41) is 42.0. The minimum absolute atomic E-state index is 0.0399. The summed E-state index contributed by atoms with van der Waals surface area (Å²) in [5.74, 6) is 0.831. The minimum Gasteiger partial charge on any atom is -0.504 e. The Morgan fingerprint density at radius 3 is 1.69 bits per heavy atom. The van der Waals surface area contributed by atoms with E-state index < -0.39 is 0 Å². The topological polar surface area (TPSA) is 188 Å². The van der Waals surface area contributed by atoms with Crippen LogP contribution in [0.15, 0.2) is 60.7 Å². The van der Waals surface area contributed by atoms with Crippen LogP contribution in [0.4, 0.5) is 11.4 Å². The Balaban J connectivity index is 0.000000183. The Labute approximate surface area is 287 Å².